The average Bonchev–Trinajstić information content (AvgIpc) is 3.08. The minimum absolute atomic E-state index is 0.434. The number of H-pyrrole nitrogens is 1. The molecule has 4 aromatic rings. The van der Waals surface area contributed by atoms with Crippen molar-refractivity contribution in [2.24, 2.45) is 0 Å². The molecule has 4 aromatic heterocycles. The molecular formula is C17H15N7. The van der Waals surface area contributed by atoms with E-state index in [9.17, 15) is 0 Å². The Hall–Kier alpha value is -3.48. The molecule has 7 nitrogen and oxygen atoms in total. The molecule has 0 aliphatic heterocycles. The molecule has 0 bridgehead atoms. The molecule has 0 spiro atoms. The van der Waals surface area contributed by atoms with Gasteiger partial charge in [0.1, 0.15) is 23.6 Å². The number of hydrogen-bond acceptors (Lipinski definition) is 6. The van der Waals surface area contributed by atoms with E-state index in [0.29, 0.717) is 12.4 Å². The van der Waals surface area contributed by atoms with Crippen LogP contribution in [0.1, 0.15) is 5.69 Å². The van der Waals surface area contributed by atoms with Crippen LogP contribution in [0.5, 0.6) is 0 Å². The van der Waals surface area contributed by atoms with Gasteiger partial charge in [0.15, 0.2) is 0 Å². The van der Waals surface area contributed by atoms with E-state index in [4.69, 9.17) is 5.73 Å². The Morgan fingerprint density at radius 3 is 2.88 bits per heavy atom. The van der Waals surface area contributed by atoms with Gasteiger partial charge in [-0.25, -0.2) is 15.0 Å². The minimum Gasteiger partial charge on any atom is -0.384 e. The Bertz CT molecular complexity index is 979. The summed E-state index contributed by atoms with van der Waals surface area (Å²) >= 11 is 0. The minimum atomic E-state index is 0.434. The van der Waals surface area contributed by atoms with Crippen LogP contribution in [0.4, 0.5) is 11.6 Å². The van der Waals surface area contributed by atoms with E-state index in [1.54, 1.807) is 12.3 Å². The predicted octanol–water partition coefficient (Wildman–Crippen LogP) is 2.61. The molecule has 0 aliphatic rings. The Morgan fingerprint density at radius 2 is 2.04 bits per heavy atom. The summed E-state index contributed by atoms with van der Waals surface area (Å²) in [6.45, 7) is 0.589. The lowest BCUT2D eigenvalue weighted by Gasteiger charge is -2.09. The van der Waals surface area contributed by atoms with Gasteiger partial charge >= 0.3 is 0 Å². The Morgan fingerprint density at radius 1 is 1.08 bits per heavy atom. The Kier molecular flexibility index (Phi) is 3.51. The second-order valence-electron chi connectivity index (χ2n) is 5.30. The summed E-state index contributed by atoms with van der Waals surface area (Å²) in [5, 5.41) is 4.28. The van der Waals surface area contributed by atoms with Crippen molar-refractivity contribution in [3.63, 3.8) is 0 Å². The first-order valence-electron chi connectivity index (χ1n) is 7.49. The molecule has 0 unspecified atom stereocenters. The molecule has 118 valence electrons. The number of nitrogens with one attached hydrogen (secondary N) is 2. The summed E-state index contributed by atoms with van der Waals surface area (Å²) < 4.78 is 0. The molecule has 24 heavy (non-hydrogen) atoms. The summed E-state index contributed by atoms with van der Waals surface area (Å²) in [6.07, 6.45) is 5.09. The molecule has 0 fully saturated rings. The van der Waals surface area contributed by atoms with Gasteiger partial charge in [-0.05, 0) is 24.3 Å². The van der Waals surface area contributed by atoms with Gasteiger partial charge in [-0.1, -0.05) is 6.07 Å². The lowest BCUT2D eigenvalue weighted by atomic mass is 10.1. The number of aromatic amines is 1. The maximum atomic E-state index is 5.79. The molecule has 0 aromatic carbocycles. The van der Waals surface area contributed by atoms with Crippen LogP contribution in [0.2, 0.25) is 0 Å². The zero-order chi connectivity index (χ0) is 16.4. The highest BCUT2D eigenvalue weighted by atomic mass is 15.0. The maximum Gasteiger partial charge on any atom is 0.140 e. The van der Waals surface area contributed by atoms with Crippen molar-refractivity contribution in [3.05, 3.63) is 60.8 Å². The average molecular weight is 317 g/mol. The fourth-order valence-corrected chi connectivity index (χ4v) is 2.54. The molecule has 0 radical (unpaired) electrons. The highest BCUT2D eigenvalue weighted by molar-refractivity contribution is 5.93. The second-order valence-corrected chi connectivity index (χ2v) is 5.30. The molecule has 7 heteroatoms. The molecule has 0 amide bonds. The lowest BCUT2D eigenvalue weighted by Crippen LogP contribution is -2.03. The van der Waals surface area contributed by atoms with E-state index < -0.39 is 0 Å². The summed E-state index contributed by atoms with van der Waals surface area (Å²) in [5.41, 5.74) is 9.22. The van der Waals surface area contributed by atoms with E-state index in [2.05, 4.69) is 30.2 Å². The van der Waals surface area contributed by atoms with Crippen LogP contribution in [0.15, 0.2) is 55.1 Å². The maximum absolute atomic E-state index is 5.79. The van der Waals surface area contributed by atoms with Crippen LogP contribution in [0, 0.1) is 0 Å². The van der Waals surface area contributed by atoms with Crippen molar-refractivity contribution in [1.82, 2.24) is 24.9 Å². The van der Waals surface area contributed by atoms with E-state index in [1.807, 2.05) is 36.5 Å². The monoisotopic (exact) mass is 317 g/mol. The largest absolute Gasteiger partial charge is 0.384 e. The number of nitrogens with two attached hydrogens (primary N) is 1. The zero-order valence-corrected chi connectivity index (χ0v) is 12.8. The first kappa shape index (κ1) is 14.1. The third-order valence-corrected chi connectivity index (χ3v) is 3.67. The van der Waals surface area contributed by atoms with Gasteiger partial charge in [-0.2, -0.15) is 0 Å². The fraction of sp³-hybridized carbons (Fsp3) is 0.0588. The molecule has 0 saturated heterocycles. The fourth-order valence-electron chi connectivity index (χ4n) is 2.54. The van der Waals surface area contributed by atoms with Gasteiger partial charge in [0, 0.05) is 29.4 Å². The van der Waals surface area contributed by atoms with Crippen LogP contribution in [0.3, 0.4) is 0 Å². The number of nitrogens with zero attached hydrogens (tertiary/aromatic N) is 4. The van der Waals surface area contributed by atoms with Gasteiger partial charge < -0.3 is 16.0 Å². The van der Waals surface area contributed by atoms with Gasteiger partial charge in [0.05, 0.1) is 17.9 Å². The van der Waals surface area contributed by atoms with Crippen molar-refractivity contribution < 1.29 is 0 Å². The summed E-state index contributed by atoms with van der Waals surface area (Å²) in [5.74, 6) is 1.17. The van der Waals surface area contributed by atoms with Crippen LogP contribution in [-0.4, -0.2) is 24.9 Å². The third kappa shape index (κ3) is 2.74. The van der Waals surface area contributed by atoms with Crippen LogP contribution >= 0.6 is 0 Å². The molecular weight excluding hydrogens is 302 g/mol. The quantitative estimate of drug-likeness (QED) is 0.534. The van der Waals surface area contributed by atoms with Crippen LogP contribution in [-0.2, 0) is 6.54 Å². The van der Waals surface area contributed by atoms with Crippen molar-refractivity contribution in [2.45, 2.75) is 6.54 Å². The highest BCUT2D eigenvalue weighted by Crippen LogP contribution is 2.29. The van der Waals surface area contributed by atoms with Gasteiger partial charge in [-0.3, -0.25) is 4.98 Å². The van der Waals surface area contributed by atoms with Crippen molar-refractivity contribution >= 4 is 22.7 Å². The summed E-state index contributed by atoms with van der Waals surface area (Å²) in [7, 11) is 0. The van der Waals surface area contributed by atoms with Gasteiger partial charge in [0.2, 0.25) is 0 Å². The third-order valence-electron chi connectivity index (χ3n) is 3.67. The number of fused-ring (bicyclic) bond motifs is 1. The van der Waals surface area contributed by atoms with Gasteiger partial charge in [0.25, 0.3) is 0 Å². The van der Waals surface area contributed by atoms with Crippen LogP contribution in [0.25, 0.3) is 22.3 Å². The van der Waals surface area contributed by atoms with E-state index in [0.717, 1.165) is 33.8 Å². The van der Waals surface area contributed by atoms with Gasteiger partial charge in [-0.15, -0.1) is 0 Å². The zero-order valence-electron chi connectivity index (χ0n) is 12.8. The molecule has 0 saturated carbocycles. The SMILES string of the molecule is Nc1cc(-c2cc(NCc3ccccn3)nc3[nH]ccc23)ncn1. The molecule has 0 atom stereocenters. The van der Waals surface area contributed by atoms with Crippen molar-refractivity contribution in [2.75, 3.05) is 11.1 Å². The van der Waals surface area contributed by atoms with E-state index in [-0.39, 0.29) is 0 Å². The molecule has 4 heterocycles. The van der Waals surface area contributed by atoms with E-state index in [1.165, 1.54) is 6.33 Å². The number of pyridine rings is 2. The number of rotatable bonds is 4. The van der Waals surface area contributed by atoms with Crippen molar-refractivity contribution in [3.8, 4) is 11.3 Å². The molecule has 4 N–H and O–H groups in total. The Balaban J connectivity index is 1.72. The number of nitrogen functional groups attached to an aromatic ring is 1. The smallest absolute Gasteiger partial charge is 0.140 e. The predicted molar refractivity (Wildman–Crippen MR) is 93.1 cm³/mol. The molecule has 4 rings (SSSR count). The second kappa shape index (κ2) is 5.96. The lowest BCUT2D eigenvalue weighted by molar-refractivity contribution is 1.03. The summed E-state index contributed by atoms with van der Waals surface area (Å²) in [4.78, 5) is 20.3. The first-order valence-corrected chi connectivity index (χ1v) is 7.49. The number of hydrogen-bond donors (Lipinski definition) is 3. The highest BCUT2D eigenvalue weighted by Gasteiger charge is 2.10. The summed E-state index contributed by atoms with van der Waals surface area (Å²) in [6, 6.07) is 11.5. The Labute approximate surface area is 138 Å². The standard InChI is InChI=1S/C17H15N7/c18-15-8-14(22-10-23-15)13-7-16(24-17-12(13)4-6-20-17)21-9-11-3-1-2-5-19-11/h1-8,10H,9H2,(H2,18,22,23)(H2,20,21,24). The van der Waals surface area contributed by atoms with Crippen molar-refractivity contribution in [1.29, 1.82) is 0 Å². The number of anilines is 2. The van der Waals surface area contributed by atoms with Crippen LogP contribution < -0.4 is 11.1 Å². The number of aromatic nitrogens is 5. The first-order chi connectivity index (χ1) is 11.8. The normalized spacial score (nSPS) is 10.8. The molecule has 0 aliphatic carbocycles. The topological polar surface area (TPSA) is 105 Å². The van der Waals surface area contributed by atoms with E-state index >= 15 is 0 Å².